The average molecular weight is 199 g/mol. The molecule has 0 aromatic heterocycles. The van der Waals surface area contributed by atoms with Gasteiger partial charge in [0.2, 0.25) is 0 Å². The number of carboxylic acid groups (broad SMARTS) is 1. The molecule has 5 nitrogen and oxygen atoms in total. The molecule has 78 valence electrons. The van der Waals surface area contributed by atoms with Gasteiger partial charge in [-0.15, -0.1) is 0 Å². The molecule has 2 aliphatic rings. The zero-order valence-corrected chi connectivity index (χ0v) is 7.78. The van der Waals surface area contributed by atoms with E-state index < -0.39 is 17.5 Å². The van der Waals surface area contributed by atoms with Gasteiger partial charge < -0.3 is 15.2 Å². The van der Waals surface area contributed by atoms with Crippen molar-refractivity contribution in [2.45, 2.75) is 24.9 Å². The summed E-state index contributed by atoms with van der Waals surface area (Å²) in [7, 11) is 0. The standard InChI is InChI=1S/C9H13NO4/c11-7-5-6(8(12)13)9(14-7)1-3-10-4-2-9/h6,10H,1-5H2,(H,12,13). The van der Waals surface area contributed by atoms with E-state index in [1.165, 1.54) is 0 Å². The van der Waals surface area contributed by atoms with E-state index in [0.717, 1.165) is 13.1 Å². The van der Waals surface area contributed by atoms with Crippen LogP contribution in [0.2, 0.25) is 0 Å². The van der Waals surface area contributed by atoms with Gasteiger partial charge in [0.05, 0.1) is 6.42 Å². The van der Waals surface area contributed by atoms with E-state index in [4.69, 9.17) is 9.84 Å². The van der Waals surface area contributed by atoms with Crippen LogP contribution in [0.5, 0.6) is 0 Å². The molecule has 14 heavy (non-hydrogen) atoms. The van der Waals surface area contributed by atoms with Gasteiger partial charge in [-0.2, -0.15) is 0 Å². The summed E-state index contributed by atoms with van der Waals surface area (Å²) in [4.78, 5) is 22.1. The van der Waals surface area contributed by atoms with Gasteiger partial charge in [-0.1, -0.05) is 0 Å². The molecule has 1 spiro atoms. The minimum absolute atomic E-state index is 0.0231. The Morgan fingerprint density at radius 3 is 2.71 bits per heavy atom. The molecule has 0 saturated carbocycles. The number of piperidine rings is 1. The number of hydrogen-bond donors (Lipinski definition) is 2. The maximum atomic E-state index is 11.1. The quantitative estimate of drug-likeness (QED) is 0.570. The maximum Gasteiger partial charge on any atom is 0.311 e. The van der Waals surface area contributed by atoms with Crippen molar-refractivity contribution in [3.8, 4) is 0 Å². The molecule has 0 amide bonds. The first-order valence-electron chi connectivity index (χ1n) is 4.79. The number of rotatable bonds is 1. The molecule has 0 aromatic carbocycles. The Balaban J connectivity index is 2.21. The van der Waals surface area contributed by atoms with Crippen LogP contribution in [-0.2, 0) is 14.3 Å². The molecule has 0 aliphatic carbocycles. The lowest BCUT2D eigenvalue weighted by Gasteiger charge is -2.35. The summed E-state index contributed by atoms with van der Waals surface area (Å²) < 4.78 is 5.20. The highest BCUT2D eigenvalue weighted by atomic mass is 16.6. The van der Waals surface area contributed by atoms with Gasteiger partial charge in [0.25, 0.3) is 0 Å². The number of aliphatic carboxylic acids is 1. The monoisotopic (exact) mass is 199 g/mol. The van der Waals surface area contributed by atoms with Crippen molar-refractivity contribution in [3.05, 3.63) is 0 Å². The van der Waals surface area contributed by atoms with Crippen LogP contribution in [0, 0.1) is 5.92 Å². The Bertz CT molecular complexity index is 270. The van der Waals surface area contributed by atoms with Crippen LogP contribution in [0.25, 0.3) is 0 Å². The number of nitrogens with one attached hydrogen (secondary N) is 1. The average Bonchev–Trinajstić information content (AvgIpc) is 2.44. The molecule has 1 atom stereocenters. The summed E-state index contributed by atoms with van der Waals surface area (Å²) >= 11 is 0. The lowest BCUT2D eigenvalue weighted by Crippen LogP contribution is -2.48. The molecule has 2 aliphatic heterocycles. The molecule has 1 unspecified atom stereocenters. The Morgan fingerprint density at radius 1 is 1.50 bits per heavy atom. The normalized spacial score (nSPS) is 30.3. The molecule has 5 heteroatoms. The van der Waals surface area contributed by atoms with Crippen LogP contribution in [0.15, 0.2) is 0 Å². The van der Waals surface area contributed by atoms with E-state index in [-0.39, 0.29) is 12.4 Å². The second-order valence-corrected chi connectivity index (χ2v) is 3.88. The summed E-state index contributed by atoms with van der Waals surface area (Å²) in [5.41, 5.74) is -0.728. The van der Waals surface area contributed by atoms with Crippen molar-refractivity contribution < 1.29 is 19.4 Å². The summed E-state index contributed by atoms with van der Waals surface area (Å²) in [6.07, 6.45) is 1.24. The minimum atomic E-state index is -0.919. The maximum absolute atomic E-state index is 11.1. The second kappa shape index (κ2) is 3.24. The summed E-state index contributed by atoms with van der Waals surface area (Å²) in [6.45, 7) is 1.44. The van der Waals surface area contributed by atoms with Gasteiger partial charge in [-0.3, -0.25) is 9.59 Å². The largest absolute Gasteiger partial charge is 0.481 e. The van der Waals surface area contributed by atoms with Gasteiger partial charge in [0.15, 0.2) is 0 Å². The lowest BCUT2D eigenvalue weighted by atomic mass is 9.80. The topological polar surface area (TPSA) is 75.6 Å². The molecule has 0 bridgehead atoms. The first-order valence-corrected chi connectivity index (χ1v) is 4.79. The van der Waals surface area contributed by atoms with Crippen LogP contribution in [0.4, 0.5) is 0 Å². The zero-order chi connectivity index (χ0) is 10.2. The van der Waals surface area contributed by atoms with E-state index in [1.54, 1.807) is 0 Å². The first-order chi connectivity index (χ1) is 6.64. The highest BCUT2D eigenvalue weighted by Gasteiger charge is 2.53. The van der Waals surface area contributed by atoms with E-state index in [2.05, 4.69) is 5.32 Å². The summed E-state index contributed by atoms with van der Waals surface area (Å²) in [5, 5.41) is 12.1. The molecule has 2 saturated heterocycles. The fraction of sp³-hybridized carbons (Fsp3) is 0.778. The Labute approximate surface area is 81.4 Å². The number of carboxylic acids is 1. The number of esters is 1. The zero-order valence-electron chi connectivity index (χ0n) is 7.78. The van der Waals surface area contributed by atoms with E-state index in [1.807, 2.05) is 0 Å². The Hall–Kier alpha value is -1.10. The molecule has 0 aromatic rings. The van der Waals surface area contributed by atoms with Crippen molar-refractivity contribution >= 4 is 11.9 Å². The third kappa shape index (κ3) is 1.37. The van der Waals surface area contributed by atoms with Crippen LogP contribution in [-0.4, -0.2) is 35.7 Å². The molecule has 2 rings (SSSR count). The molecule has 0 radical (unpaired) electrons. The number of carbonyl (C=O) groups is 2. The molecular weight excluding hydrogens is 186 g/mol. The molecular formula is C9H13NO4. The fourth-order valence-electron chi connectivity index (χ4n) is 2.30. The second-order valence-electron chi connectivity index (χ2n) is 3.88. The third-order valence-electron chi connectivity index (χ3n) is 3.07. The predicted octanol–water partition coefficient (Wildman–Crippen LogP) is -0.244. The summed E-state index contributed by atoms with van der Waals surface area (Å²) in [6, 6.07) is 0. The molecule has 2 fully saturated rings. The Morgan fingerprint density at radius 2 is 2.14 bits per heavy atom. The SMILES string of the molecule is O=C1CC(C(=O)O)C2(CCNCC2)O1. The van der Waals surface area contributed by atoms with Crippen molar-refractivity contribution in [3.63, 3.8) is 0 Å². The van der Waals surface area contributed by atoms with Crippen molar-refractivity contribution in [1.29, 1.82) is 0 Å². The lowest BCUT2D eigenvalue weighted by molar-refractivity contribution is -0.157. The third-order valence-corrected chi connectivity index (χ3v) is 3.07. The van der Waals surface area contributed by atoms with E-state index >= 15 is 0 Å². The van der Waals surface area contributed by atoms with E-state index in [9.17, 15) is 9.59 Å². The van der Waals surface area contributed by atoms with Crippen LogP contribution >= 0.6 is 0 Å². The molecule has 2 heterocycles. The van der Waals surface area contributed by atoms with E-state index in [0.29, 0.717) is 12.8 Å². The first kappa shape index (κ1) is 9.45. The van der Waals surface area contributed by atoms with Crippen LogP contribution in [0.3, 0.4) is 0 Å². The van der Waals surface area contributed by atoms with Gasteiger partial charge in [-0.25, -0.2) is 0 Å². The van der Waals surface area contributed by atoms with Gasteiger partial charge in [0, 0.05) is 12.8 Å². The Kier molecular flexibility index (Phi) is 2.19. The number of carbonyl (C=O) groups excluding carboxylic acids is 1. The van der Waals surface area contributed by atoms with Gasteiger partial charge in [0.1, 0.15) is 11.5 Å². The van der Waals surface area contributed by atoms with Crippen LogP contribution in [0.1, 0.15) is 19.3 Å². The highest BCUT2D eigenvalue weighted by Crippen LogP contribution is 2.39. The number of hydrogen-bond acceptors (Lipinski definition) is 4. The summed E-state index contributed by atoms with van der Waals surface area (Å²) in [5.74, 6) is -1.95. The van der Waals surface area contributed by atoms with Gasteiger partial charge >= 0.3 is 11.9 Å². The van der Waals surface area contributed by atoms with Gasteiger partial charge in [-0.05, 0) is 13.1 Å². The van der Waals surface area contributed by atoms with Crippen molar-refractivity contribution in [1.82, 2.24) is 5.32 Å². The highest BCUT2D eigenvalue weighted by molar-refractivity contribution is 5.83. The van der Waals surface area contributed by atoms with Crippen molar-refractivity contribution in [2.75, 3.05) is 13.1 Å². The fourth-order valence-corrected chi connectivity index (χ4v) is 2.30. The van der Waals surface area contributed by atoms with Crippen LogP contribution < -0.4 is 5.32 Å². The number of ether oxygens (including phenoxy) is 1. The minimum Gasteiger partial charge on any atom is -0.481 e. The molecule has 2 N–H and O–H groups in total. The smallest absolute Gasteiger partial charge is 0.311 e. The van der Waals surface area contributed by atoms with Crippen molar-refractivity contribution in [2.24, 2.45) is 5.92 Å². The predicted molar refractivity (Wildman–Crippen MR) is 46.7 cm³/mol.